The molecular formula is C30H41N3O6. The van der Waals surface area contributed by atoms with Crippen molar-refractivity contribution in [1.82, 2.24) is 15.2 Å². The van der Waals surface area contributed by atoms with Crippen molar-refractivity contribution >= 4 is 11.9 Å². The standard InChI is InChI=1S/C30H41N3O6/c1-18-12-13-19(22(16-18)37-5)17-32-24-23(30(2,3)4)26(29(35)36)33(28(34)21-11-7-8-15-39-21)25(24)20-10-9-14-31-27(20)38-6/h9-10,12-14,16,21,23-26,32H,7-8,11,15,17H2,1-6H3,(H,35,36)/t21-,23-,24-,25-,26-/m0/s1. The van der Waals surface area contributed by atoms with Gasteiger partial charge in [-0.05, 0) is 55.4 Å². The van der Waals surface area contributed by atoms with Crippen LogP contribution in [0.3, 0.4) is 0 Å². The molecule has 9 nitrogen and oxygen atoms in total. The second-order valence-electron chi connectivity index (χ2n) is 11.5. The van der Waals surface area contributed by atoms with E-state index in [0.717, 1.165) is 29.7 Å². The van der Waals surface area contributed by atoms with E-state index >= 15 is 0 Å². The number of amides is 1. The van der Waals surface area contributed by atoms with Crippen molar-refractivity contribution in [1.29, 1.82) is 0 Å². The summed E-state index contributed by atoms with van der Waals surface area (Å²) in [6.07, 6.45) is 3.27. The Kier molecular flexibility index (Phi) is 8.81. The Morgan fingerprint density at radius 1 is 1.18 bits per heavy atom. The number of carboxylic acids is 1. The number of benzene rings is 1. The van der Waals surface area contributed by atoms with Gasteiger partial charge in [0.05, 0.1) is 20.3 Å². The van der Waals surface area contributed by atoms with Crippen LogP contribution in [-0.2, 0) is 20.9 Å². The third-order valence-corrected chi connectivity index (χ3v) is 7.91. The number of methoxy groups -OCH3 is 2. The lowest BCUT2D eigenvalue weighted by Crippen LogP contribution is -2.51. The van der Waals surface area contributed by atoms with Gasteiger partial charge in [-0.15, -0.1) is 0 Å². The second-order valence-corrected chi connectivity index (χ2v) is 11.5. The minimum Gasteiger partial charge on any atom is -0.496 e. The SMILES string of the molecule is COc1cc(C)ccc1CN[C@H]1[C@H](C(C)(C)C)[C@@H](C(=O)O)N(C(=O)[C@@H]2CCCCO2)[C@H]1c1cccnc1OC. The van der Waals surface area contributed by atoms with E-state index in [4.69, 9.17) is 14.2 Å². The predicted octanol–water partition coefficient (Wildman–Crippen LogP) is 4.13. The molecule has 2 fully saturated rings. The molecule has 1 amide bonds. The number of carbonyl (C=O) groups excluding carboxylic acids is 1. The highest BCUT2D eigenvalue weighted by atomic mass is 16.5. The first-order valence-corrected chi connectivity index (χ1v) is 13.6. The van der Waals surface area contributed by atoms with Crippen molar-refractivity contribution in [2.24, 2.45) is 11.3 Å². The highest BCUT2D eigenvalue weighted by Gasteiger charge is 2.59. The lowest BCUT2D eigenvalue weighted by molar-refractivity contribution is -0.159. The monoisotopic (exact) mass is 539 g/mol. The van der Waals surface area contributed by atoms with Crippen molar-refractivity contribution in [2.75, 3.05) is 20.8 Å². The van der Waals surface area contributed by atoms with Crippen LogP contribution < -0.4 is 14.8 Å². The maximum Gasteiger partial charge on any atom is 0.326 e. The van der Waals surface area contributed by atoms with Crippen LogP contribution in [0.4, 0.5) is 0 Å². The van der Waals surface area contributed by atoms with E-state index < -0.39 is 41.5 Å². The zero-order chi connectivity index (χ0) is 28.3. The fourth-order valence-electron chi connectivity index (χ4n) is 6.18. The summed E-state index contributed by atoms with van der Waals surface area (Å²) < 4.78 is 17.1. The highest BCUT2D eigenvalue weighted by Crippen LogP contribution is 2.50. The van der Waals surface area contributed by atoms with Crippen molar-refractivity contribution in [2.45, 2.75) is 77.7 Å². The first-order chi connectivity index (χ1) is 18.6. The molecule has 0 saturated carbocycles. The highest BCUT2D eigenvalue weighted by molar-refractivity contribution is 5.88. The number of rotatable bonds is 8. The van der Waals surface area contributed by atoms with Gasteiger partial charge in [-0.3, -0.25) is 4.79 Å². The van der Waals surface area contributed by atoms with Crippen LogP contribution in [-0.4, -0.2) is 65.9 Å². The zero-order valence-electron chi connectivity index (χ0n) is 23.8. The van der Waals surface area contributed by atoms with Crippen molar-refractivity contribution < 1.29 is 28.9 Å². The fraction of sp³-hybridized carbons (Fsp3) is 0.567. The van der Waals surface area contributed by atoms with E-state index in [-0.39, 0.29) is 5.91 Å². The van der Waals surface area contributed by atoms with E-state index in [1.165, 1.54) is 12.0 Å². The fourth-order valence-corrected chi connectivity index (χ4v) is 6.18. The molecule has 212 valence electrons. The lowest BCUT2D eigenvalue weighted by atomic mass is 9.72. The quantitative estimate of drug-likeness (QED) is 0.515. The summed E-state index contributed by atoms with van der Waals surface area (Å²) in [5, 5.41) is 14.3. The van der Waals surface area contributed by atoms with E-state index in [2.05, 4.69) is 10.3 Å². The van der Waals surface area contributed by atoms with Crippen LogP contribution in [0.2, 0.25) is 0 Å². The van der Waals surface area contributed by atoms with Crippen molar-refractivity contribution in [3.8, 4) is 11.6 Å². The minimum atomic E-state index is -1.07. The minimum absolute atomic E-state index is 0.301. The molecule has 39 heavy (non-hydrogen) atoms. The van der Waals surface area contributed by atoms with Gasteiger partial charge in [0.15, 0.2) is 0 Å². The molecule has 2 aliphatic rings. The summed E-state index contributed by atoms with van der Waals surface area (Å²) in [7, 11) is 3.17. The first-order valence-electron chi connectivity index (χ1n) is 13.6. The van der Waals surface area contributed by atoms with E-state index in [9.17, 15) is 14.7 Å². The molecule has 2 aliphatic heterocycles. The normalized spacial score (nSPS) is 25.4. The van der Waals surface area contributed by atoms with Crippen molar-refractivity contribution in [3.05, 3.63) is 53.2 Å². The molecule has 0 radical (unpaired) electrons. The van der Waals surface area contributed by atoms with Crippen LogP contribution >= 0.6 is 0 Å². The number of hydrogen-bond donors (Lipinski definition) is 2. The molecular weight excluding hydrogens is 498 g/mol. The average Bonchev–Trinajstić information content (AvgIpc) is 3.28. The number of hydrogen-bond acceptors (Lipinski definition) is 7. The van der Waals surface area contributed by atoms with Crippen LogP contribution in [0.1, 0.15) is 62.8 Å². The number of nitrogens with zero attached hydrogens (tertiary/aromatic N) is 2. The molecule has 1 aromatic carbocycles. The summed E-state index contributed by atoms with van der Waals surface area (Å²) in [5.74, 6) is -0.660. The smallest absolute Gasteiger partial charge is 0.326 e. The van der Waals surface area contributed by atoms with E-state index in [0.29, 0.717) is 31.0 Å². The number of ether oxygens (including phenoxy) is 3. The Balaban J connectivity index is 1.85. The number of aryl methyl sites for hydroxylation is 1. The number of pyridine rings is 1. The van der Waals surface area contributed by atoms with Gasteiger partial charge in [-0.1, -0.05) is 32.9 Å². The van der Waals surface area contributed by atoms with Crippen LogP contribution in [0, 0.1) is 18.3 Å². The maximum atomic E-state index is 14.2. The molecule has 4 rings (SSSR count). The number of carbonyl (C=O) groups is 2. The van der Waals surface area contributed by atoms with Gasteiger partial charge in [0, 0.05) is 42.4 Å². The third kappa shape index (κ3) is 5.89. The molecule has 0 unspecified atom stereocenters. The predicted molar refractivity (Wildman–Crippen MR) is 147 cm³/mol. The van der Waals surface area contributed by atoms with Gasteiger partial charge >= 0.3 is 5.97 Å². The first kappa shape index (κ1) is 28.8. The molecule has 9 heteroatoms. The Hall–Kier alpha value is -3.17. The van der Waals surface area contributed by atoms with Crippen LogP contribution in [0.15, 0.2) is 36.5 Å². The van der Waals surface area contributed by atoms with Gasteiger partial charge in [0.25, 0.3) is 5.91 Å². The van der Waals surface area contributed by atoms with Crippen LogP contribution in [0.5, 0.6) is 11.6 Å². The number of aliphatic carboxylic acids is 1. The number of aromatic nitrogens is 1. The topological polar surface area (TPSA) is 110 Å². The Morgan fingerprint density at radius 2 is 1.95 bits per heavy atom. The molecule has 2 N–H and O–H groups in total. The zero-order valence-corrected chi connectivity index (χ0v) is 23.8. The lowest BCUT2D eigenvalue weighted by Gasteiger charge is -2.36. The largest absolute Gasteiger partial charge is 0.496 e. The number of likely N-dealkylation sites (tertiary alicyclic amines) is 1. The van der Waals surface area contributed by atoms with Gasteiger partial charge in [-0.25, -0.2) is 9.78 Å². The molecule has 3 heterocycles. The summed E-state index contributed by atoms with van der Waals surface area (Å²) in [6, 6.07) is 7.51. The summed E-state index contributed by atoms with van der Waals surface area (Å²) in [4.78, 5) is 33.1. The maximum absolute atomic E-state index is 14.2. The Bertz CT molecular complexity index is 1170. The molecule has 0 aliphatic carbocycles. The molecule has 2 saturated heterocycles. The van der Waals surface area contributed by atoms with Gasteiger partial charge in [0.1, 0.15) is 17.9 Å². The Labute approximate surface area is 230 Å². The number of carboxylic acid groups (broad SMARTS) is 1. The van der Waals surface area contributed by atoms with Gasteiger partial charge in [0.2, 0.25) is 5.88 Å². The summed E-state index contributed by atoms with van der Waals surface area (Å²) in [6.45, 7) is 8.99. The summed E-state index contributed by atoms with van der Waals surface area (Å²) in [5.41, 5.74) is 2.22. The van der Waals surface area contributed by atoms with Crippen LogP contribution in [0.25, 0.3) is 0 Å². The molecule has 0 spiro atoms. The molecule has 0 bridgehead atoms. The number of nitrogens with one attached hydrogen (secondary N) is 1. The Morgan fingerprint density at radius 3 is 2.56 bits per heavy atom. The molecule has 2 aromatic rings. The van der Waals surface area contributed by atoms with Crippen molar-refractivity contribution in [3.63, 3.8) is 0 Å². The second kappa shape index (κ2) is 11.9. The van der Waals surface area contributed by atoms with Gasteiger partial charge in [-0.2, -0.15) is 0 Å². The van der Waals surface area contributed by atoms with Gasteiger partial charge < -0.3 is 29.5 Å². The molecule has 5 atom stereocenters. The third-order valence-electron chi connectivity index (χ3n) is 7.91. The average molecular weight is 540 g/mol. The van der Waals surface area contributed by atoms with E-state index in [1.54, 1.807) is 19.4 Å². The summed E-state index contributed by atoms with van der Waals surface area (Å²) >= 11 is 0. The molecule has 1 aromatic heterocycles. The van der Waals surface area contributed by atoms with E-state index in [1.807, 2.05) is 52.0 Å².